The average molecular weight is 186 g/mol. The summed E-state index contributed by atoms with van der Waals surface area (Å²) in [6.07, 6.45) is 2.45. The molecule has 0 bridgehead atoms. The highest BCUT2D eigenvalue weighted by atomic mass is 32.2. The number of rotatable bonds is 4. The molecule has 0 spiro atoms. The molecule has 6 heteroatoms. The van der Waals surface area contributed by atoms with Crippen molar-refractivity contribution in [1.82, 2.24) is 15.2 Å². The van der Waals surface area contributed by atoms with Crippen LogP contribution in [0, 0.1) is 0 Å². The van der Waals surface area contributed by atoms with Gasteiger partial charge in [0.2, 0.25) is 0 Å². The van der Waals surface area contributed by atoms with Crippen LogP contribution in [0.3, 0.4) is 0 Å². The molecule has 0 fully saturated rings. The summed E-state index contributed by atoms with van der Waals surface area (Å²) in [5.74, 6) is 0.870. The Bertz CT molecular complexity index is 287. The van der Waals surface area contributed by atoms with E-state index in [2.05, 4.69) is 15.2 Å². The number of aromatic nitrogens is 3. The number of thioether (sulfide) groups is 1. The van der Waals surface area contributed by atoms with Crippen LogP contribution in [0.15, 0.2) is 16.0 Å². The van der Waals surface area contributed by atoms with E-state index in [0.29, 0.717) is 11.6 Å². The van der Waals surface area contributed by atoms with Crippen molar-refractivity contribution in [3.05, 3.63) is 16.7 Å². The Labute approximate surface area is 73.8 Å². The standard InChI is InChI=1S/C6H10N4OS/c7-2-1-3-12-5-4-8-10-6(11)9-5/h4H,1-3,7H2,(H,9,10,11). The van der Waals surface area contributed by atoms with Gasteiger partial charge in [-0.3, -0.25) is 0 Å². The summed E-state index contributed by atoms with van der Waals surface area (Å²) in [7, 11) is 0. The Kier molecular flexibility index (Phi) is 3.75. The molecule has 1 heterocycles. The molecule has 5 nitrogen and oxygen atoms in total. The minimum Gasteiger partial charge on any atom is -0.330 e. The molecule has 0 aliphatic carbocycles. The van der Waals surface area contributed by atoms with E-state index in [1.807, 2.05) is 0 Å². The van der Waals surface area contributed by atoms with Crippen molar-refractivity contribution in [3.63, 3.8) is 0 Å². The van der Waals surface area contributed by atoms with Gasteiger partial charge in [0.15, 0.2) is 0 Å². The summed E-state index contributed by atoms with van der Waals surface area (Å²) in [6, 6.07) is 0. The topological polar surface area (TPSA) is 84.7 Å². The lowest BCUT2D eigenvalue weighted by atomic mass is 10.5. The van der Waals surface area contributed by atoms with Crippen LogP contribution in [0.4, 0.5) is 0 Å². The van der Waals surface area contributed by atoms with Crippen LogP contribution in [0.5, 0.6) is 0 Å². The molecule has 0 aromatic carbocycles. The Hall–Kier alpha value is -0.880. The summed E-state index contributed by atoms with van der Waals surface area (Å²) < 4.78 is 0. The van der Waals surface area contributed by atoms with Gasteiger partial charge in [0.25, 0.3) is 0 Å². The SMILES string of the molecule is NCCCSc1cn[nH]c(=O)n1. The van der Waals surface area contributed by atoms with E-state index in [9.17, 15) is 4.79 Å². The Morgan fingerprint density at radius 2 is 2.50 bits per heavy atom. The molecule has 0 amide bonds. The molecule has 0 atom stereocenters. The van der Waals surface area contributed by atoms with Crippen LogP contribution in [0.25, 0.3) is 0 Å². The molecule has 0 saturated heterocycles. The molecule has 0 aliphatic rings. The van der Waals surface area contributed by atoms with Crippen LogP contribution < -0.4 is 11.4 Å². The second-order valence-electron chi connectivity index (χ2n) is 2.12. The fraction of sp³-hybridized carbons (Fsp3) is 0.500. The molecule has 1 aromatic heterocycles. The molecule has 3 N–H and O–H groups in total. The van der Waals surface area contributed by atoms with Gasteiger partial charge in [0.1, 0.15) is 5.03 Å². The van der Waals surface area contributed by atoms with Gasteiger partial charge in [-0.1, -0.05) is 0 Å². The van der Waals surface area contributed by atoms with Gasteiger partial charge in [-0.25, -0.2) is 9.89 Å². The molecule has 1 aromatic rings. The Morgan fingerprint density at radius 3 is 3.17 bits per heavy atom. The molecule has 0 aliphatic heterocycles. The van der Waals surface area contributed by atoms with Crippen molar-refractivity contribution >= 4 is 11.8 Å². The third-order valence-corrected chi connectivity index (χ3v) is 2.13. The molecule has 0 saturated carbocycles. The van der Waals surface area contributed by atoms with Crippen molar-refractivity contribution in [3.8, 4) is 0 Å². The highest BCUT2D eigenvalue weighted by molar-refractivity contribution is 7.99. The van der Waals surface area contributed by atoms with E-state index < -0.39 is 5.69 Å². The van der Waals surface area contributed by atoms with Crippen LogP contribution in [-0.2, 0) is 0 Å². The summed E-state index contributed by atoms with van der Waals surface area (Å²) in [5, 5.41) is 6.46. The lowest BCUT2D eigenvalue weighted by Crippen LogP contribution is -2.12. The first kappa shape index (κ1) is 9.21. The lowest BCUT2D eigenvalue weighted by molar-refractivity contribution is 0.850. The highest BCUT2D eigenvalue weighted by Crippen LogP contribution is 2.11. The Morgan fingerprint density at radius 1 is 1.67 bits per heavy atom. The van der Waals surface area contributed by atoms with Crippen molar-refractivity contribution < 1.29 is 0 Å². The van der Waals surface area contributed by atoms with Crippen LogP contribution in [0.2, 0.25) is 0 Å². The van der Waals surface area contributed by atoms with Crippen LogP contribution in [0.1, 0.15) is 6.42 Å². The van der Waals surface area contributed by atoms with E-state index in [4.69, 9.17) is 5.73 Å². The summed E-state index contributed by atoms with van der Waals surface area (Å²) in [6.45, 7) is 0.656. The molecule has 0 unspecified atom stereocenters. The number of hydrogen-bond acceptors (Lipinski definition) is 5. The predicted molar refractivity (Wildman–Crippen MR) is 47.0 cm³/mol. The van der Waals surface area contributed by atoms with Crippen LogP contribution >= 0.6 is 11.8 Å². The number of hydrogen-bond donors (Lipinski definition) is 2. The van der Waals surface area contributed by atoms with Gasteiger partial charge in [-0.15, -0.1) is 11.8 Å². The first-order valence-electron chi connectivity index (χ1n) is 3.57. The zero-order valence-corrected chi connectivity index (χ0v) is 7.30. The second kappa shape index (κ2) is 4.89. The summed E-state index contributed by atoms with van der Waals surface area (Å²) in [4.78, 5) is 14.3. The van der Waals surface area contributed by atoms with Crippen molar-refractivity contribution in [2.75, 3.05) is 12.3 Å². The number of nitrogens with one attached hydrogen (secondary N) is 1. The van der Waals surface area contributed by atoms with Gasteiger partial charge in [0.05, 0.1) is 6.20 Å². The Balaban J connectivity index is 2.47. The fourth-order valence-corrected chi connectivity index (χ4v) is 1.42. The van der Waals surface area contributed by atoms with Gasteiger partial charge in [-0.05, 0) is 13.0 Å². The third kappa shape index (κ3) is 3.02. The van der Waals surface area contributed by atoms with Gasteiger partial charge < -0.3 is 5.73 Å². The fourth-order valence-electron chi connectivity index (χ4n) is 0.626. The maximum atomic E-state index is 10.7. The first-order chi connectivity index (χ1) is 5.83. The largest absolute Gasteiger partial charge is 0.362 e. The van der Waals surface area contributed by atoms with Gasteiger partial charge in [0, 0.05) is 5.75 Å². The molecule has 1 rings (SSSR count). The monoisotopic (exact) mass is 186 g/mol. The highest BCUT2D eigenvalue weighted by Gasteiger charge is 1.95. The molecule has 12 heavy (non-hydrogen) atoms. The lowest BCUT2D eigenvalue weighted by Gasteiger charge is -1.95. The number of H-pyrrole nitrogens is 1. The maximum absolute atomic E-state index is 10.7. The summed E-state index contributed by atoms with van der Waals surface area (Å²) >= 11 is 1.49. The molecular formula is C6H10N4OS. The van der Waals surface area contributed by atoms with Crippen molar-refractivity contribution in [2.45, 2.75) is 11.4 Å². The molecule has 66 valence electrons. The molecular weight excluding hydrogens is 176 g/mol. The normalized spacial score (nSPS) is 10.1. The smallest absolute Gasteiger partial charge is 0.330 e. The zero-order valence-electron chi connectivity index (χ0n) is 6.49. The number of nitrogens with zero attached hydrogens (tertiary/aromatic N) is 2. The molecule has 0 radical (unpaired) electrons. The van der Waals surface area contributed by atoms with Gasteiger partial charge >= 0.3 is 5.69 Å². The van der Waals surface area contributed by atoms with Crippen molar-refractivity contribution in [1.29, 1.82) is 0 Å². The predicted octanol–water partition coefficient (Wildman–Crippen LogP) is -0.394. The van der Waals surface area contributed by atoms with Crippen LogP contribution in [-0.4, -0.2) is 27.5 Å². The average Bonchev–Trinajstić information content (AvgIpc) is 2.05. The minimum absolute atomic E-state index is 0.409. The van der Waals surface area contributed by atoms with Crippen molar-refractivity contribution in [2.24, 2.45) is 5.73 Å². The maximum Gasteiger partial charge on any atom is 0.362 e. The zero-order chi connectivity index (χ0) is 8.81. The third-order valence-electron chi connectivity index (χ3n) is 1.15. The first-order valence-corrected chi connectivity index (χ1v) is 4.56. The summed E-state index contributed by atoms with van der Waals surface area (Å²) in [5.41, 5.74) is 4.90. The number of nitrogens with two attached hydrogens (primary N) is 1. The van der Waals surface area contributed by atoms with E-state index in [0.717, 1.165) is 12.2 Å². The van der Waals surface area contributed by atoms with E-state index >= 15 is 0 Å². The quantitative estimate of drug-likeness (QED) is 0.494. The van der Waals surface area contributed by atoms with E-state index in [-0.39, 0.29) is 0 Å². The van der Waals surface area contributed by atoms with E-state index in [1.165, 1.54) is 18.0 Å². The second-order valence-corrected chi connectivity index (χ2v) is 3.23. The number of aromatic amines is 1. The van der Waals surface area contributed by atoms with E-state index in [1.54, 1.807) is 0 Å². The van der Waals surface area contributed by atoms with Gasteiger partial charge in [-0.2, -0.15) is 10.1 Å². The minimum atomic E-state index is -0.409.